The van der Waals surface area contributed by atoms with Gasteiger partial charge in [0.2, 0.25) is 5.88 Å². The molecule has 6 nitrogen and oxygen atoms in total. The molecule has 2 aromatic rings. The SMILES string of the molecule is COc1cc(CNc2ncc(C(=O)O)s2)ccn1. The van der Waals surface area contributed by atoms with Crippen LogP contribution in [0.5, 0.6) is 5.88 Å². The van der Waals surface area contributed by atoms with Crippen molar-refractivity contribution < 1.29 is 14.6 Å². The van der Waals surface area contributed by atoms with Crippen LogP contribution in [0.15, 0.2) is 24.5 Å². The second-order valence-corrected chi connectivity index (χ2v) is 4.43. The van der Waals surface area contributed by atoms with Gasteiger partial charge in [0.25, 0.3) is 0 Å². The van der Waals surface area contributed by atoms with Gasteiger partial charge in [0, 0.05) is 18.8 Å². The second kappa shape index (κ2) is 5.46. The maximum absolute atomic E-state index is 10.7. The van der Waals surface area contributed by atoms with Crippen molar-refractivity contribution in [3.63, 3.8) is 0 Å². The summed E-state index contributed by atoms with van der Waals surface area (Å²) < 4.78 is 5.01. The van der Waals surface area contributed by atoms with Crippen LogP contribution < -0.4 is 10.1 Å². The largest absolute Gasteiger partial charge is 0.481 e. The first-order valence-corrected chi connectivity index (χ1v) is 5.92. The Morgan fingerprint density at radius 1 is 1.56 bits per heavy atom. The Labute approximate surface area is 107 Å². The van der Waals surface area contributed by atoms with Crippen molar-refractivity contribution in [2.45, 2.75) is 6.54 Å². The zero-order valence-corrected chi connectivity index (χ0v) is 10.4. The molecule has 0 saturated carbocycles. The van der Waals surface area contributed by atoms with Gasteiger partial charge in [-0.25, -0.2) is 14.8 Å². The summed E-state index contributed by atoms with van der Waals surface area (Å²) >= 11 is 1.10. The van der Waals surface area contributed by atoms with Gasteiger partial charge >= 0.3 is 5.97 Å². The first-order valence-electron chi connectivity index (χ1n) is 5.11. The van der Waals surface area contributed by atoms with E-state index in [1.807, 2.05) is 6.07 Å². The Kier molecular flexibility index (Phi) is 3.73. The van der Waals surface area contributed by atoms with E-state index in [1.165, 1.54) is 6.20 Å². The predicted octanol–water partition coefficient (Wildman–Crippen LogP) is 1.86. The standard InChI is InChI=1S/C11H11N3O3S/c1-17-9-4-7(2-3-12-9)5-13-11-14-6-8(18-11)10(15)16/h2-4,6H,5H2,1H3,(H,13,14)(H,15,16). The van der Waals surface area contributed by atoms with Crippen LogP contribution in [-0.4, -0.2) is 28.2 Å². The van der Waals surface area contributed by atoms with Gasteiger partial charge in [0.1, 0.15) is 4.88 Å². The van der Waals surface area contributed by atoms with Crippen LogP contribution in [0.25, 0.3) is 0 Å². The molecule has 0 atom stereocenters. The highest BCUT2D eigenvalue weighted by atomic mass is 32.1. The molecule has 0 aliphatic carbocycles. The molecule has 2 aromatic heterocycles. The van der Waals surface area contributed by atoms with Gasteiger partial charge in [0.05, 0.1) is 13.3 Å². The molecule has 0 aliphatic heterocycles. The van der Waals surface area contributed by atoms with E-state index >= 15 is 0 Å². The van der Waals surface area contributed by atoms with E-state index in [0.717, 1.165) is 16.9 Å². The van der Waals surface area contributed by atoms with Gasteiger partial charge in [-0.05, 0) is 11.6 Å². The topological polar surface area (TPSA) is 84.3 Å². The van der Waals surface area contributed by atoms with Crippen LogP contribution in [-0.2, 0) is 6.54 Å². The van der Waals surface area contributed by atoms with E-state index in [9.17, 15) is 4.79 Å². The van der Waals surface area contributed by atoms with Gasteiger partial charge in [0.15, 0.2) is 5.13 Å². The molecule has 0 fully saturated rings. The Balaban J connectivity index is 1.99. The van der Waals surface area contributed by atoms with Crippen molar-refractivity contribution in [3.8, 4) is 5.88 Å². The highest BCUT2D eigenvalue weighted by Crippen LogP contribution is 2.19. The quantitative estimate of drug-likeness (QED) is 0.858. The molecule has 94 valence electrons. The lowest BCUT2D eigenvalue weighted by Gasteiger charge is -2.04. The zero-order valence-electron chi connectivity index (χ0n) is 9.58. The summed E-state index contributed by atoms with van der Waals surface area (Å²) in [4.78, 5) is 18.9. The number of carboxylic acids is 1. The number of ether oxygens (including phenoxy) is 1. The third kappa shape index (κ3) is 2.95. The van der Waals surface area contributed by atoms with Crippen LogP contribution in [0.4, 0.5) is 5.13 Å². The Bertz CT molecular complexity index is 556. The molecule has 0 saturated heterocycles. The van der Waals surface area contributed by atoms with E-state index in [-0.39, 0.29) is 4.88 Å². The molecule has 2 N–H and O–H groups in total. The number of thiazole rings is 1. The molecular formula is C11H11N3O3S. The molecule has 0 spiro atoms. The third-order valence-electron chi connectivity index (χ3n) is 2.17. The second-order valence-electron chi connectivity index (χ2n) is 3.39. The van der Waals surface area contributed by atoms with E-state index < -0.39 is 5.97 Å². The Morgan fingerprint density at radius 2 is 2.39 bits per heavy atom. The van der Waals surface area contributed by atoms with Crippen molar-refractivity contribution in [2.24, 2.45) is 0 Å². The lowest BCUT2D eigenvalue weighted by molar-refractivity contribution is 0.0702. The monoisotopic (exact) mass is 265 g/mol. The summed E-state index contributed by atoms with van der Waals surface area (Å²) in [5.41, 5.74) is 0.980. The van der Waals surface area contributed by atoms with E-state index in [0.29, 0.717) is 17.6 Å². The van der Waals surface area contributed by atoms with Gasteiger partial charge in [-0.2, -0.15) is 0 Å². The molecule has 2 rings (SSSR count). The van der Waals surface area contributed by atoms with Gasteiger partial charge in [-0.1, -0.05) is 11.3 Å². The Hall–Kier alpha value is -2.15. The van der Waals surface area contributed by atoms with Crippen LogP contribution in [0.3, 0.4) is 0 Å². The van der Waals surface area contributed by atoms with Crippen molar-refractivity contribution in [1.29, 1.82) is 0 Å². The summed E-state index contributed by atoms with van der Waals surface area (Å²) in [5.74, 6) is -0.425. The predicted molar refractivity (Wildman–Crippen MR) is 67.2 cm³/mol. The fourth-order valence-corrected chi connectivity index (χ4v) is 1.96. The lowest BCUT2D eigenvalue weighted by atomic mass is 10.3. The highest BCUT2D eigenvalue weighted by Gasteiger charge is 2.08. The number of nitrogens with zero attached hydrogens (tertiary/aromatic N) is 2. The number of methoxy groups -OCH3 is 1. The third-order valence-corrected chi connectivity index (χ3v) is 3.11. The average Bonchev–Trinajstić information content (AvgIpc) is 2.85. The number of aromatic carboxylic acids is 1. The minimum atomic E-state index is -0.967. The number of anilines is 1. The summed E-state index contributed by atoms with van der Waals surface area (Å²) in [6, 6.07) is 3.65. The lowest BCUT2D eigenvalue weighted by Crippen LogP contribution is -1.99. The van der Waals surface area contributed by atoms with E-state index in [2.05, 4.69) is 15.3 Å². The van der Waals surface area contributed by atoms with Gasteiger partial charge < -0.3 is 15.2 Å². The van der Waals surface area contributed by atoms with E-state index in [4.69, 9.17) is 9.84 Å². The number of aromatic nitrogens is 2. The summed E-state index contributed by atoms with van der Waals surface area (Å²) in [5, 5.41) is 12.4. The van der Waals surface area contributed by atoms with Crippen molar-refractivity contribution in [3.05, 3.63) is 35.0 Å². The average molecular weight is 265 g/mol. The fourth-order valence-electron chi connectivity index (χ4n) is 1.30. The van der Waals surface area contributed by atoms with Crippen molar-refractivity contribution in [1.82, 2.24) is 9.97 Å². The molecule has 0 unspecified atom stereocenters. The molecule has 0 bridgehead atoms. The smallest absolute Gasteiger partial charge is 0.347 e. The van der Waals surface area contributed by atoms with Crippen LogP contribution in [0, 0.1) is 0 Å². The Morgan fingerprint density at radius 3 is 3.06 bits per heavy atom. The molecular weight excluding hydrogens is 254 g/mol. The van der Waals surface area contributed by atoms with Crippen LogP contribution in [0.2, 0.25) is 0 Å². The molecule has 0 radical (unpaired) electrons. The first kappa shape index (κ1) is 12.3. The van der Waals surface area contributed by atoms with Crippen molar-refractivity contribution >= 4 is 22.4 Å². The molecule has 2 heterocycles. The van der Waals surface area contributed by atoms with Crippen LogP contribution >= 0.6 is 11.3 Å². The van der Waals surface area contributed by atoms with Crippen molar-refractivity contribution in [2.75, 3.05) is 12.4 Å². The zero-order chi connectivity index (χ0) is 13.0. The minimum Gasteiger partial charge on any atom is -0.481 e. The number of pyridine rings is 1. The summed E-state index contributed by atoms with van der Waals surface area (Å²) in [6.45, 7) is 0.533. The summed E-state index contributed by atoms with van der Waals surface area (Å²) in [6.07, 6.45) is 2.99. The maximum atomic E-state index is 10.7. The highest BCUT2D eigenvalue weighted by molar-refractivity contribution is 7.17. The number of carbonyl (C=O) groups is 1. The summed E-state index contributed by atoms with van der Waals surface area (Å²) in [7, 11) is 1.56. The van der Waals surface area contributed by atoms with Crippen LogP contribution in [0.1, 0.15) is 15.2 Å². The van der Waals surface area contributed by atoms with E-state index in [1.54, 1.807) is 19.4 Å². The molecule has 0 aromatic carbocycles. The fraction of sp³-hybridized carbons (Fsp3) is 0.182. The number of hydrogen-bond donors (Lipinski definition) is 2. The molecule has 18 heavy (non-hydrogen) atoms. The molecule has 0 aliphatic rings. The maximum Gasteiger partial charge on any atom is 0.347 e. The number of rotatable bonds is 5. The number of carboxylic acid groups (broad SMARTS) is 1. The molecule has 0 amide bonds. The number of hydrogen-bond acceptors (Lipinski definition) is 6. The normalized spacial score (nSPS) is 10.1. The van der Waals surface area contributed by atoms with Gasteiger partial charge in [-0.3, -0.25) is 0 Å². The number of nitrogens with one attached hydrogen (secondary N) is 1. The minimum absolute atomic E-state index is 0.213. The molecule has 7 heteroatoms. The first-order chi connectivity index (χ1) is 8.69. The van der Waals surface area contributed by atoms with Gasteiger partial charge in [-0.15, -0.1) is 0 Å².